The van der Waals surface area contributed by atoms with Gasteiger partial charge in [-0.15, -0.1) is 0 Å². The van der Waals surface area contributed by atoms with E-state index < -0.39 is 23.5 Å². The largest absolute Gasteiger partial charge is 0.343 e. The van der Waals surface area contributed by atoms with Crippen LogP contribution in [0.1, 0.15) is 10.4 Å². The van der Waals surface area contributed by atoms with Crippen LogP contribution in [0.5, 0.6) is 0 Å². The highest BCUT2D eigenvalue weighted by atomic mass is 79.9. The molecule has 2 aromatic rings. The van der Waals surface area contributed by atoms with Gasteiger partial charge in [-0.1, -0.05) is 28.1 Å². The Kier molecular flexibility index (Phi) is 6.85. The number of nitrogens with zero attached hydrogens (tertiary/aromatic N) is 1. The number of carbonyl (C=O) groups excluding carboxylic acids is 3. The maximum atomic E-state index is 13.1. The van der Waals surface area contributed by atoms with Crippen molar-refractivity contribution >= 4 is 39.3 Å². The highest BCUT2D eigenvalue weighted by Gasteiger charge is 2.15. The first kappa shape index (κ1) is 19.6. The third-order valence-corrected chi connectivity index (χ3v) is 3.90. The molecule has 6 nitrogen and oxygen atoms in total. The number of benzene rings is 2. The minimum atomic E-state index is -0.470. The Labute approximate surface area is 158 Å². The van der Waals surface area contributed by atoms with Gasteiger partial charge < -0.3 is 15.5 Å². The van der Waals surface area contributed by atoms with Crippen molar-refractivity contribution in [2.45, 2.75) is 0 Å². The number of nitrogens with one attached hydrogen (secondary N) is 2. The Bertz CT molecular complexity index is 829. The molecular weight excluding hydrogens is 405 g/mol. The molecule has 0 radical (unpaired) electrons. The van der Waals surface area contributed by atoms with Crippen LogP contribution in [0.4, 0.5) is 10.1 Å². The van der Waals surface area contributed by atoms with E-state index in [4.69, 9.17) is 0 Å². The summed E-state index contributed by atoms with van der Waals surface area (Å²) in [6.45, 7) is -0.461. The van der Waals surface area contributed by atoms with Crippen molar-refractivity contribution in [3.05, 3.63) is 64.4 Å². The SMILES string of the molecule is CN(CC(=O)Nc1cccc(F)c1)C(=O)CNC(=O)c1cccc(Br)c1. The maximum Gasteiger partial charge on any atom is 0.251 e. The van der Waals surface area contributed by atoms with E-state index in [1.54, 1.807) is 30.3 Å². The summed E-state index contributed by atoms with van der Waals surface area (Å²) in [4.78, 5) is 37.1. The highest BCUT2D eigenvalue weighted by molar-refractivity contribution is 9.10. The summed E-state index contributed by atoms with van der Waals surface area (Å²) in [6, 6.07) is 12.2. The summed E-state index contributed by atoms with van der Waals surface area (Å²) in [5.74, 6) is -1.76. The molecule has 0 bridgehead atoms. The third kappa shape index (κ3) is 5.96. The van der Waals surface area contributed by atoms with E-state index in [2.05, 4.69) is 26.6 Å². The van der Waals surface area contributed by atoms with E-state index in [9.17, 15) is 18.8 Å². The average Bonchev–Trinajstić information content (AvgIpc) is 2.59. The maximum absolute atomic E-state index is 13.1. The van der Waals surface area contributed by atoms with Gasteiger partial charge in [0.05, 0.1) is 13.1 Å². The first-order valence-electron chi connectivity index (χ1n) is 7.68. The summed E-state index contributed by atoms with van der Waals surface area (Å²) in [6.07, 6.45) is 0. The quantitative estimate of drug-likeness (QED) is 0.751. The molecule has 2 rings (SSSR count). The van der Waals surface area contributed by atoms with E-state index in [1.165, 1.54) is 30.1 Å². The third-order valence-electron chi connectivity index (χ3n) is 3.40. The number of rotatable bonds is 6. The molecular formula is C18H17BrFN3O3. The zero-order valence-corrected chi connectivity index (χ0v) is 15.5. The van der Waals surface area contributed by atoms with Crippen LogP contribution in [0, 0.1) is 5.82 Å². The molecule has 0 saturated heterocycles. The van der Waals surface area contributed by atoms with E-state index in [-0.39, 0.29) is 13.1 Å². The van der Waals surface area contributed by atoms with Crippen molar-refractivity contribution in [1.29, 1.82) is 0 Å². The van der Waals surface area contributed by atoms with Gasteiger partial charge in [0.2, 0.25) is 11.8 Å². The Balaban J connectivity index is 1.81. The van der Waals surface area contributed by atoms with Crippen LogP contribution in [-0.4, -0.2) is 42.8 Å². The molecule has 8 heteroatoms. The van der Waals surface area contributed by atoms with Gasteiger partial charge in [0.15, 0.2) is 0 Å². The van der Waals surface area contributed by atoms with Crippen LogP contribution in [-0.2, 0) is 9.59 Å². The lowest BCUT2D eigenvalue weighted by molar-refractivity contribution is -0.132. The zero-order valence-electron chi connectivity index (χ0n) is 14.0. The number of hydrogen-bond donors (Lipinski definition) is 2. The van der Waals surface area contributed by atoms with Crippen LogP contribution in [0.15, 0.2) is 53.0 Å². The number of hydrogen-bond acceptors (Lipinski definition) is 3. The molecule has 0 heterocycles. The zero-order chi connectivity index (χ0) is 19.1. The summed E-state index contributed by atoms with van der Waals surface area (Å²) in [5, 5.41) is 5.01. The summed E-state index contributed by atoms with van der Waals surface area (Å²) < 4.78 is 13.8. The van der Waals surface area contributed by atoms with Gasteiger partial charge in [-0.05, 0) is 36.4 Å². The van der Waals surface area contributed by atoms with Crippen LogP contribution in [0.25, 0.3) is 0 Å². The number of anilines is 1. The van der Waals surface area contributed by atoms with Crippen LogP contribution >= 0.6 is 15.9 Å². The second-order valence-electron chi connectivity index (χ2n) is 5.50. The lowest BCUT2D eigenvalue weighted by Gasteiger charge is -2.17. The molecule has 0 fully saturated rings. The van der Waals surface area contributed by atoms with Crippen molar-refractivity contribution in [3.63, 3.8) is 0 Å². The highest BCUT2D eigenvalue weighted by Crippen LogP contribution is 2.11. The minimum Gasteiger partial charge on any atom is -0.343 e. The van der Waals surface area contributed by atoms with Crippen molar-refractivity contribution in [3.8, 4) is 0 Å². The Morgan fingerprint density at radius 1 is 1.12 bits per heavy atom. The standard InChI is InChI=1S/C18H17BrFN3O3/c1-23(11-16(24)22-15-7-3-6-14(20)9-15)17(25)10-21-18(26)12-4-2-5-13(19)8-12/h2-9H,10-11H2,1H3,(H,21,26)(H,22,24). The van der Waals surface area contributed by atoms with Gasteiger partial charge in [0.25, 0.3) is 5.91 Å². The topological polar surface area (TPSA) is 78.5 Å². The molecule has 26 heavy (non-hydrogen) atoms. The Morgan fingerprint density at radius 3 is 2.54 bits per heavy atom. The second kappa shape index (κ2) is 9.10. The Morgan fingerprint density at radius 2 is 1.85 bits per heavy atom. The fourth-order valence-electron chi connectivity index (χ4n) is 2.09. The van der Waals surface area contributed by atoms with Crippen LogP contribution in [0.3, 0.4) is 0 Å². The molecule has 0 aliphatic rings. The molecule has 0 atom stereocenters. The fraction of sp³-hybridized carbons (Fsp3) is 0.167. The Hall–Kier alpha value is -2.74. The molecule has 136 valence electrons. The van der Waals surface area contributed by atoms with E-state index >= 15 is 0 Å². The molecule has 0 saturated carbocycles. The van der Waals surface area contributed by atoms with E-state index in [0.29, 0.717) is 11.3 Å². The molecule has 0 aliphatic carbocycles. The average molecular weight is 422 g/mol. The predicted molar refractivity (Wildman–Crippen MR) is 99.1 cm³/mol. The lowest BCUT2D eigenvalue weighted by atomic mass is 10.2. The van der Waals surface area contributed by atoms with Crippen LogP contribution in [0.2, 0.25) is 0 Å². The van der Waals surface area contributed by atoms with Gasteiger partial charge in [-0.25, -0.2) is 4.39 Å². The normalized spacial score (nSPS) is 10.1. The summed E-state index contributed by atoms with van der Waals surface area (Å²) >= 11 is 3.27. The molecule has 0 spiro atoms. The molecule has 3 amide bonds. The number of amides is 3. The van der Waals surface area contributed by atoms with Gasteiger partial charge in [0.1, 0.15) is 5.82 Å². The fourth-order valence-corrected chi connectivity index (χ4v) is 2.49. The molecule has 0 aliphatic heterocycles. The number of halogens is 2. The second-order valence-corrected chi connectivity index (χ2v) is 6.42. The van der Waals surface area contributed by atoms with E-state index in [0.717, 1.165) is 4.47 Å². The van der Waals surface area contributed by atoms with Crippen molar-refractivity contribution in [2.24, 2.45) is 0 Å². The van der Waals surface area contributed by atoms with Crippen molar-refractivity contribution in [2.75, 3.05) is 25.5 Å². The molecule has 0 unspecified atom stereocenters. The first-order valence-corrected chi connectivity index (χ1v) is 8.47. The van der Waals surface area contributed by atoms with Gasteiger partial charge in [0, 0.05) is 22.8 Å². The first-order chi connectivity index (χ1) is 12.3. The molecule has 2 N–H and O–H groups in total. The smallest absolute Gasteiger partial charge is 0.251 e. The number of likely N-dealkylation sites (N-methyl/N-ethyl adjacent to an activating group) is 1. The lowest BCUT2D eigenvalue weighted by Crippen LogP contribution is -2.41. The van der Waals surface area contributed by atoms with Crippen LogP contribution < -0.4 is 10.6 Å². The van der Waals surface area contributed by atoms with Gasteiger partial charge in [-0.3, -0.25) is 14.4 Å². The van der Waals surface area contributed by atoms with E-state index in [1.807, 2.05) is 0 Å². The molecule has 0 aromatic heterocycles. The monoisotopic (exact) mass is 421 g/mol. The summed E-state index contributed by atoms with van der Waals surface area (Å²) in [5.41, 5.74) is 0.720. The minimum absolute atomic E-state index is 0.220. The summed E-state index contributed by atoms with van der Waals surface area (Å²) in [7, 11) is 1.44. The number of carbonyl (C=O) groups is 3. The van der Waals surface area contributed by atoms with Crippen molar-refractivity contribution < 1.29 is 18.8 Å². The van der Waals surface area contributed by atoms with Crippen molar-refractivity contribution in [1.82, 2.24) is 10.2 Å². The van der Waals surface area contributed by atoms with Gasteiger partial charge >= 0.3 is 0 Å². The predicted octanol–water partition coefficient (Wildman–Crippen LogP) is 2.42. The molecule has 2 aromatic carbocycles. The van der Waals surface area contributed by atoms with Gasteiger partial charge in [-0.2, -0.15) is 0 Å².